The highest BCUT2D eigenvalue weighted by atomic mass is 32.1. The monoisotopic (exact) mass is 450 g/mol. The van der Waals surface area contributed by atoms with Crippen molar-refractivity contribution in [3.8, 4) is 5.75 Å². The van der Waals surface area contributed by atoms with Crippen LogP contribution in [-0.4, -0.2) is 53.6 Å². The number of benzene rings is 2. The zero-order valence-electron chi connectivity index (χ0n) is 17.7. The average molecular weight is 451 g/mol. The van der Waals surface area contributed by atoms with Crippen molar-refractivity contribution in [1.29, 1.82) is 0 Å². The minimum absolute atomic E-state index is 0.133. The SMILES string of the molecule is COc1c(C(=O)N(C)CCO)sc2c1c(=O)n(CC(=O)c1ccccc1)c1ccccc21. The largest absolute Gasteiger partial charge is 0.494 e. The van der Waals surface area contributed by atoms with Crippen LogP contribution in [0.5, 0.6) is 5.75 Å². The van der Waals surface area contributed by atoms with Gasteiger partial charge in [0.2, 0.25) is 0 Å². The van der Waals surface area contributed by atoms with Crippen LogP contribution in [0.4, 0.5) is 0 Å². The van der Waals surface area contributed by atoms with Crippen molar-refractivity contribution in [3.63, 3.8) is 0 Å². The molecule has 8 heteroatoms. The third kappa shape index (κ3) is 3.68. The van der Waals surface area contributed by atoms with Gasteiger partial charge in [-0.1, -0.05) is 48.5 Å². The predicted molar refractivity (Wildman–Crippen MR) is 125 cm³/mol. The number of aliphatic hydroxyl groups is 1. The van der Waals surface area contributed by atoms with E-state index in [0.29, 0.717) is 15.8 Å². The fourth-order valence-electron chi connectivity index (χ4n) is 3.72. The second kappa shape index (κ2) is 8.94. The van der Waals surface area contributed by atoms with Crippen LogP contribution in [0.1, 0.15) is 20.0 Å². The number of fused-ring (bicyclic) bond motifs is 3. The summed E-state index contributed by atoms with van der Waals surface area (Å²) in [5.74, 6) is -0.339. The molecule has 7 nitrogen and oxygen atoms in total. The highest BCUT2D eigenvalue weighted by Gasteiger charge is 2.27. The number of aliphatic hydroxyl groups excluding tert-OH is 1. The zero-order valence-corrected chi connectivity index (χ0v) is 18.5. The Kier molecular flexibility index (Phi) is 6.07. The Morgan fingerprint density at radius 2 is 1.78 bits per heavy atom. The van der Waals surface area contributed by atoms with Crippen molar-refractivity contribution in [3.05, 3.63) is 75.4 Å². The normalized spacial score (nSPS) is 11.1. The molecule has 0 unspecified atom stereocenters. The second-order valence-corrected chi connectivity index (χ2v) is 8.34. The molecule has 0 aliphatic rings. The number of ether oxygens (including phenoxy) is 1. The molecular formula is C24H22N2O5S. The van der Waals surface area contributed by atoms with Gasteiger partial charge in [-0.3, -0.25) is 19.0 Å². The van der Waals surface area contributed by atoms with Crippen LogP contribution in [-0.2, 0) is 6.54 Å². The molecule has 2 aromatic carbocycles. The Balaban J connectivity index is 1.96. The summed E-state index contributed by atoms with van der Waals surface area (Å²) in [7, 11) is 3.00. The quantitative estimate of drug-likeness (QED) is 0.437. The minimum atomic E-state index is -0.389. The molecule has 1 amide bonds. The van der Waals surface area contributed by atoms with E-state index in [-0.39, 0.29) is 53.0 Å². The maximum absolute atomic E-state index is 13.6. The first kappa shape index (κ1) is 21.7. The molecule has 0 saturated heterocycles. The van der Waals surface area contributed by atoms with Crippen molar-refractivity contribution in [2.45, 2.75) is 6.54 Å². The van der Waals surface area contributed by atoms with Crippen LogP contribution < -0.4 is 10.3 Å². The number of Topliss-reactive ketones (excluding diaryl/α,β-unsaturated/α-hetero) is 1. The number of nitrogens with zero attached hydrogens (tertiary/aromatic N) is 2. The first-order chi connectivity index (χ1) is 15.5. The Morgan fingerprint density at radius 3 is 2.47 bits per heavy atom. The number of para-hydroxylation sites is 1. The van der Waals surface area contributed by atoms with E-state index in [1.807, 2.05) is 24.3 Å². The molecule has 0 aliphatic carbocycles. The number of likely N-dealkylation sites (N-methyl/N-ethyl adjacent to an activating group) is 1. The molecule has 0 saturated carbocycles. The Hall–Kier alpha value is -3.49. The number of pyridine rings is 1. The predicted octanol–water partition coefficient (Wildman–Crippen LogP) is 3.17. The lowest BCUT2D eigenvalue weighted by molar-refractivity contribution is 0.0768. The highest BCUT2D eigenvalue weighted by Crippen LogP contribution is 2.40. The van der Waals surface area contributed by atoms with Gasteiger partial charge in [0.05, 0.1) is 30.5 Å². The van der Waals surface area contributed by atoms with E-state index < -0.39 is 0 Å². The smallest absolute Gasteiger partial charge is 0.267 e. The maximum Gasteiger partial charge on any atom is 0.267 e. The standard InChI is InChI=1S/C24H22N2O5S/c1-25(12-13-27)24(30)22-20(31-2)19-21(32-22)16-10-6-7-11-17(16)26(23(19)29)14-18(28)15-8-4-3-5-9-15/h3-11,27H,12-14H2,1-2H3. The van der Waals surface area contributed by atoms with Gasteiger partial charge in [-0.25, -0.2) is 0 Å². The number of hydrogen-bond acceptors (Lipinski definition) is 6. The van der Waals surface area contributed by atoms with Crippen molar-refractivity contribution in [1.82, 2.24) is 9.47 Å². The lowest BCUT2D eigenvalue weighted by atomic mass is 10.1. The number of hydrogen-bond donors (Lipinski definition) is 1. The van der Waals surface area contributed by atoms with E-state index in [1.54, 1.807) is 37.4 Å². The molecule has 4 rings (SSSR count). The van der Waals surface area contributed by atoms with Crippen LogP contribution >= 0.6 is 11.3 Å². The molecule has 1 N–H and O–H groups in total. The van der Waals surface area contributed by atoms with Gasteiger partial charge in [0.1, 0.15) is 10.3 Å². The highest BCUT2D eigenvalue weighted by molar-refractivity contribution is 7.22. The first-order valence-electron chi connectivity index (χ1n) is 10.0. The van der Waals surface area contributed by atoms with E-state index in [9.17, 15) is 19.5 Å². The molecule has 2 aromatic heterocycles. The summed E-state index contributed by atoms with van der Waals surface area (Å²) in [6, 6.07) is 16.1. The second-order valence-electron chi connectivity index (χ2n) is 7.32. The van der Waals surface area contributed by atoms with E-state index in [0.717, 1.165) is 5.39 Å². The van der Waals surface area contributed by atoms with Crippen LogP contribution in [0.2, 0.25) is 0 Å². The number of aromatic nitrogens is 1. The summed E-state index contributed by atoms with van der Waals surface area (Å²) < 4.78 is 7.59. The number of thiophene rings is 1. The van der Waals surface area contributed by atoms with E-state index in [2.05, 4.69) is 0 Å². The van der Waals surface area contributed by atoms with Crippen molar-refractivity contribution < 1.29 is 19.4 Å². The third-order valence-electron chi connectivity index (χ3n) is 5.34. The number of methoxy groups -OCH3 is 1. The minimum Gasteiger partial charge on any atom is -0.494 e. The van der Waals surface area contributed by atoms with Gasteiger partial charge in [-0.2, -0.15) is 0 Å². The molecule has 4 aromatic rings. The summed E-state index contributed by atoms with van der Waals surface area (Å²) in [6.45, 7) is -0.147. The topological polar surface area (TPSA) is 88.8 Å². The Labute approximate surface area is 188 Å². The van der Waals surface area contributed by atoms with Gasteiger partial charge in [-0.15, -0.1) is 11.3 Å². The molecule has 0 fully saturated rings. The van der Waals surface area contributed by atoms with Crippen molar-refractivity contribution >= 4 is 44.0 Å². The molecule has 2 heterocycles. The van der Waals surface area contributed by atoms with E-state index in [4.69, 9.17) is 4.74 Å². The van der Waals surface area contributed by atoms with E-state index in [1.165, 1.54) is 27.9 Å². The Morgan fingerprint density at radius 1 is 1.09 bits per heavy atom. The number of carbonyl (C=O) groups is 2. The van der Waals surface area contributed by atoms with Crippen LogP contribution in [0.25, 0.3) is 21.0 Å². The van der Waals surface area contributed by atoms with Crippen molar-refractivity contribution in [2.75, 3.05) is 27.3 Å². The summed E-state index contributed by atoms with van der Waals surface area (Å²) in [5, 5.41) is 10.2. The van der Waals surface area contributed by atoms with Crippen LogP contribution in [0, 0.1) is 0 Å². The summed E-state index contributed by atoms with van der Waals surface area (Å²) in [5.41, 5.74) is 0.739. The lowest BCUT2D eigenvalue weighted by Crippen LogP contribution is -2.29. The maximum atomic E-state index is 13.6. The number of carbonyl (C=O) groups excluding carboxylic acids is 2. The fourth-order valence-corrected chi connectivity index (χ4v) is 5.01. The summed E-state index contributed by atoms with van der Waals surface area (Å²) in [6.07, 6.45) is 0. The zero-order chi connectivity index (χ0) is 22.8. The molecule has 0 spiro atoms. The first-order valence-corrected chi connectivity index (χ1v) is 10.9. The molecule has 32 heavy (non-hydrogen) atoms. The lowest BCUT2D eigenvalue weighted by Gasteiger charge is -2.15. The van der Waals surface area contributed by atoms with Crippen LogP contribution in [0.15, 0.2) is 59.4 Å². The summed E-state index contributed by atoms with van der Waals surface area (Å²) >= 11 is 1.18. The van der Waals surface area contributed by atoms with Gasteiger partial charge in [0.15, 0.2) is 11.5 Å². The number of ketones is 1. The van der Waals surface area contributed by atoms with E-state index >= 15 is 0 Å². The van der Waals surface area contributed by atoms with Gasteiger partial charge in [0.25, 0.3) is 11.5 Å². The molecular weight excluding hydrogens is 428 g/mol. The molecule has 0 atom stereocenters. The number of rotatable bonds is 7. The summed E-state index contributed by atoms with van der Waals surface area (Å²) in [4.78, 5) is 41.1. The fraction of sp³-hybridized carbons (Fsp3) is 0.208. The molecule has 0 bridgehead atoms. The van der Waals surface area contributed by atoms with Gasteiger partial charge >= 0.3 is 0 Å². The molecule has 164 valence electrons. The molecule has 0 aliphatic heterocycles. The van der Waals surface area contributed by atoms with Gasteiger partial charge < -0.3 is 14.7 Å². The van der Waals surface area contributed by atoms with Crippen LogP contribution in [0.3, 0.4) is 0 Å². The number of amides is 1. The Bertz CT molecular complexity index is 1370. The average Bonchev–Trinajstić information content (AvgIpc) is 3.22. The van der Waals surface area contributed by atoms with Gasteiger partial charge in [0, 0.05) is 24.5 Å². The molecule has 0 radical (unpaired) electrons. The van der Waals surface area contributed by atoms with Crippen molar-refractivity contribution in [2.24, 2.45) is 0 Å². The third-order valence-corrected chi connectivity index (χ3v) is 6.53. The van der Waals surface area contributed by atoms with Gasteiger partial charge in [-0.05, 0) is 6.07 Å².